The summed E-state index contributed by atoms with van der Waals surface area (Å²) < 4.78 is 12.9. The molecule has 0 unspecified atom stereocenters. The number of nitrogens with zero attached hydrogens (tertiary/aromatic N) is 5. The number of benzene rings is 3. The quantitative estimate of drug-likeness (QED) is 0.191. The van der Waals surface area contributed by atoms with E-state index >= 15 is 0 Å². The number of rotatable bonds is 13. The molecule has 43 heavy (non-hydrogen) atoms. The fourth-order valence-electron chi connectivity index (χ4n) is 4.83. The van der Waals surface area contributed by atoms with Crippen LogP contribution in [0, 0.1) is 0 Å². The number of methoxy groups -OCH3 is 2. The van der Waals surface area contributed by atoms with Crippen LogP contribution in [0.5, 0.6) is 11.5 Å². The Hall–Kier alpha value is -4.96. The molecule has 10 heteroatoms. The van der Waals surface area contributed by atoms with E-state index in [0.717, 1.165) is 57.9 Å². The molecule has 222 valence electrons. The van der Waals surface area contributed by atoms with Crippen molar-refractivity contribution in [2.75, 3.05) is 32.2 Å². The topological polar surface area (TPSA) is 115 Å². The maximum Gasteiger partial charge on any atom is 0.307 e. The molecule has 0 aliphatic heterocycles. The lowest BCUT2D eigenvalue weighted by Gasteiger charge is -2.27. The molecule has 0 amide bonds. The summed E-state index contributed by atoms with van der Waals surface area (Å²) in [6, 6.07) is 19.8. The first-order valence-corrected chi connectivity index (χ1v) is 14.1. The fraction of sp³-hybridized carbons (Fsp3) is 0.273. The van der Waals surface area contributed by atoms with Crippen molar-refractivity contribution in [1.29, 1.82) is 0 Å². The Labute approximate surface area is 250 Å². The summed E-state index contributed by atoms with van der Waals surface area (Å²) in [6.45, 7) is 6.32. The SMILES string of the molecule is COc1cc(OC)cc(N(CCNC(C)C)c2ccc3ncc(-c4cnn(Cc5ccc(CC(=O)O)cc5)c4)nc3c2)c1. The predicted octanol–water partition coefficient (Wildman–Crippen LogP) is 5.32. The molecule has 3 aromatic carbocycles. The van der Waals surface area contributed by atoms with E-state index in [1.807, 2.05) is 59.4 Å². The minimum Gasteiger partial charge on any atom is -0.497 e. The van der Waals surface area contributed by atoms with Crippen LogP contribution in [0.25, 0.3) is 22.3 Å². The molecular formula is C33H36N6O4. The fourth-order valence-corrected chi connectivity index (χ4v) is 4.83. The third-order valence-corrected chi connectivity index (χ3v) is 7.03. The van der Waals surface area contributed by atoms with Crippen molar-refractivity contribution < 1.29 is 19.4 Å². The molecule has 0 saturated carbocycles. The van der Waals surface area contributed by atoms with Crippen LogP contribution in [0.4, 0.5) is 11.4 Å². The van der Waals surface area contributed by atoms with Gasteiger partial charge in [-0.1, -0.05) is 38.1 Å². The highest BCUT2D eigenvalue weighted by atomic mass is 16.5. The lowest BCUT2D eigenvalue weighted by Crippen LogP contribution is -2.32. The summed E-state index contributed by atoms with van der Waals surface area (Å²) in [7, 11) is 3.30. The van der Waals surface area contributed by atoms with Crippen LogP contribution in [0.1, 0.15) is 25.0 Å². The summed E-state index contributed by atoms with van der Waals surface area (Å²) in [5, 5.41) is 17.0. The van der Waals surface area contributed by atoms with Gasteiger partial charge in [0, 0.05) is 60.5 Å². The van der Waals surface area contributed by atoms with Gasteiger partial charge in [-0.05, 0) is 29.3 Å². The van der Waals surface area contributed by atoms with Gasteiger partial charge in [-0.3, -0.25) is 14.5 Å². The maximum absolute atomic E-state index is 11.0. The van der Waals surface area contributed by atoms with Crippen LogP contribution in [-0.2, 0) is 17.8 Å². The minimum absolute atomic E-state index is 0.00880. The van der Waals surface area contributed by atoms with Crippen LogP contribution < -0.4 is 19.7 Å². The monoisotopic (exact) mass is 580 g/mol. The van der Waals surface area contributed by atoms with Crippen LogP contribution in [0.3, 0.4) is 0 Å². The highest BCUT2D eigenvalue weighted by molar-refractivity contribution is 5.82. The van der Waals surface area contributed by atoms with E-state index in [4.69, 9.17) is 19.6 Å². The molecule has 0 atom stereocenters. The van der Waals surface area contributed by atoms with E-state index in [9.17, 15) is 4.79 Å². The Morgan fingerprint density at radius 2 is 1.65 bits per heavy atom. The van der Waals surface area contributed by atoms with Crippen molar-refractivity contribution in [1.82, 2.24) is 25.1 Å². The number of carboxylic acids is 1. The molecule has 0 fully saturated rings. The van der Waals surface area contributed by atoms with E-state index in [1.54, 1.807) is 26.6 Å². The molecule has 5 aromatic rings. The molecule has 0 spiro atoms. The Bertz CT molecular complexity index is 1680. The first-order valence-electron chi connectivity index (χ1n) is 14.1. The van der Waals surface area contributed by atoms with E-state index < -0.39 is 5.97 Å². The first-order chi connectivity index (χ1) is 20.8. The number of hydrogen-bond acceptors (Lipinski definition) is 8. The lowest BCUT2D eigenvalue weighted by atomic mass is 10.1. The Morgan fingerprint density at radius 3 is 2.33 bits per heavy atom. The van der Waals surface area contributed by atoms with Gasteiger partial charge in [-0.2, -0.15) is 5.10 Å². The summed E-state index contributed by atoms with van der Waals surface area (Å²) >= 11 is 0. The van der Waals surface area contributed by atoms with Crippen molar-refractivity contribution in [3.05, 3.63) is 90.4 Å². The first kappa shape index (κ1) is 29.5. The number of ether oxygens (including phenoxy) is 2. The summed E-state index contributed by atoms with van der Waals surface area (Å²) in [5.74, 6) is 0.587. The highest BCUT2D eigenvalue weighted by Crippen LogP contribution is 2.34. The smallest absolute Gasteiger partial charge is 0.307 e. The van der Waals surface area contributed by atoms with Crippen molar-refractivity contribution in [2.45, 2.75) is 32.9 Å². The zero-order chi connectivity index (χ0) is 30.3. The molecule has 2 aromatic heterocycles. The Morgan fingerprint density at radius 1 is 0.930 bits per heavy atom. The maximum atomic E-state index is 11.0. The second kappa shape index (κ2) is 13.3. The Balaban J connectivity index is 1.42. The molecule has 2 heterocycles. The number of aromatic nitrogens is 4. The number of nitrogens with one attached hydrogen (secondary N) is 1. The molecule has 2 N–H and O–H groups in total. The zero-order valence-electron chi connectivity index (χ0n) is 24.8. The van der Waals surface area contributed by atoms with E-state index in [-0.39, 0.29) is 6.42 Å². The van der Waals surface area contributed by atoms with Gasteiger partial charge in [0.2, 0.25) is 0 Å². The van der Waals surface area contributed by atoms with Gasteiger partial charge in [0.1, 0.15) is 11.5 Å². The van der Waals surface area contributed by atoms with Crippen LogP contribution in [0.15, 0.2) is 79.3 Å². The van der Waals surface area contributed by atoms with Crippen LogP contribution in [0.2, 0.25) is 0 Å². The average Bonchev–Trinajstić information content (AvgIpc) is 3.47. The second-order valence-electron chi connectivity index (χ2n) is 10.6. The van der Waals surface area contributed by atoms with Gasteiger partial charge in [-0.25, -0.2) is 4.98 Å². The number of carbonyl (C=O) groups is 1. The van der Waals surface area contributed by atoms with Crippen LogP contribution >= 0.6 is 0 Å². The molecule has 0 bridgehead atoms. The molecule has 0 aliphatic carbocycles. The lowest BCUT2D eigenvalue weighted by molar-refractivity contribution is -0.136. The highest BCUT2D eigenvalue weighted by Gasteiger charge is 2.15. The largest absolute Gasteiger partial charge is 0.497 e. The minimum atomic E-state index is -0.843. The molecule has 10 nitrogen and oxygen atoms in total. The van der Waals surface area contributed by atoms with E-state index in [1.165, 1.54) is 0 Å². The molecule has 0 aliphatic rings. The van der Waals surface area contributed by atoms with Gasteiger partial charge in [-0.15, -0.1) is 0 Å². The number of hydrogen-bond donors (Lipinski definition) is 2. The third kappa shape index (κ3) is 7.47. The second-order valence-corrected chi connectivity index (χ2v) is 10.6. The number of fused-ring (bicyclic) bond motifs is 1. The average molecular weight is 581 g/mol. The van der Waals surface area contributed by atoms with Gasteiger partial charge >= 0.3 is 5.97 Å². The molecule has 0 radical (unpaired) electrons. The summed E-state index contributed by atoms with van der Waals surface area (Å²) in [6.07, 6.45) is 5.50. The van der Waals surface area contributed by atoms with Gasteiger partial charge in [0.15, 0.2) is 0 Å². The summed E-state index contributed by atoms with van der Waals surface area (Å²) in [4.78, 5) is 22.8. The normalized spacial score (nSPS) is 11.2. The van der Waals surface area contributed by atoms with Crippen molar-refractivity contribution in [2.24, 2.45) is 0 Å². The number of anilines is 2. The van der Waals surface area contributed by atoms with Gasteiger partial charge in [0.05, 0.1) is 56.3 Å². The Kier molecular flexibility index (Phi) is 9.17. The van der Waals surface area contributed by atoms with Gasteiger partial charge < -0.3 is 24.8 Å². The molecule has 0 saturated heterocycles. The predicted molar refractivity (Wildman–Crippen MR) is 167 cm³/mol. The third-order valence-electron chi connectivity index (χ3n) is 7.03. The van der Waals surface area contributed by atoms with Gasteiger partial charge in [0.25, 0.3) is 0 Å². The molecule has 5 rings (SSSR count). The number of aliphatic carboxylic acids is 1. The summed E-state index contributed by atoms with van der Waals surface area (Å²) in [5.41, 5.74) is 6.87. The zero-order valence-corrected chi connectivity index (χ0v) is 24.8. The van der Waals surface area contributed by atoms with Crippen molar-refractivity contribution >= 4 is 28.4 Å². The van der Waals surface area contributed by atoms with Crippen LogP contribution in [-0.4, -0.2) is 64.2 Å². The standard InChI is InChI=1S/C33H36N6O4/c1-22(2)34-11-12-39(27-14-28(42-3)17-29(15-27)43-4)26-9-10-30-31(16-26)37-32(19-35-30)25-18-36-38(21-25)20-24-7-5-23(6-8-24)13-33(40)41/h5-10,14-19,21-22,34H,11-13,20H2,1-4H3,(H,40,41). The molecular weight excluding hydrogens is 544 g/mol. The van der Waals surface area contributed by atoms with Crippen molar-refractivity contribution in [3.63, 3.8) is 0 Å². The number of carboxylic acid groups (broad SMARTS) is 1. The van der Waals surface area contributed by atoms with Crippen molar-refractivity contribution in [3.8, 4) is 22.8 Å². The van der Waals surface area contributed by atoms with E-state index in [0.29, 0.717) is 24.1 Å². The van der Waals surface area contributed by atoms with E-state index in [2.05, 4.69) is 46.3 Å².